The zero-order valence-electron chi connectivity index (χ0n) is 19.4. The average Bonchev–Trinajstić information content (AvgIpc) is 2.72. The third-order valence-electron chi connectivity index (χ3n) is 5.09. The van der Waals surface area contributed by atoms with E-state index < -0.39 is 5.60 Å². The molecule has 2 nitrogen and oxygen atoms in total. The molecule has 2 heteroatoms. The zero-order chi connectivity index (χ0) is 21.6. The SMILES string of the molecule is CC/C=C\C/C=C\C/C=C\C/C=C\C/C=C\CCCCOC(CC)(CC)C(C)=O. The molecule has 0 amide bonds. The average molecular weight is 401 g/mol. The molecule has 0 saturated heterocycles. The van der Waals surface area contributed by atoms with Gasteiger partial charge in [-0.2, -0.15) is 0 Å². The summed E-state index contributed by atoms with van der Waals surface area (Å²) in [7, 11) is 0. The number of ether oxygens (including phenoxy) is 1. The lowest BCUT2D eigenvalue weighted by Crippen LogP contribution is -2.39. The highest BCUT2D eigenvalue weighted by atomic mass is 16.5. The zero-order valence-corrected chi connectivity index (χ0v) is 19.4. The van der Waals surface area contributed by atoms with Crippen molar-refractivity contribution in [1.29, 1.82) is 0 Å². The van der Waals surface area contributed by atoms with E-state index in [4.69, 9.17) is 4.74 Å². The van der Waals surface area contributed by atoms with Crippen molar-refractivity contribution >= 4 is 5.78 Å². The third-order valence-corrected chi connectivity index (χ3v) is 5.09. The van der Waals surface area contributed by atoms with E-state index in [1.54, 1.807) is 6.92 Å². The van der Waals surface area contributed by atoms with Gasteiger partial charge >= 0.3 is 0 Å². The van der Waals surface area contributed by atoms with E-state index in [2.05, 4.69) is 67.7 Å². The Morgan fingerprint density at radius 3 is 1.55 bits per heavy atom. The fraction of sp³-hybridized carbons (Fsp3) is 0.593. The van der Waals surface area contributed by atoms with Crippen LogP contribution in [0.25, 0.3) is 0 Å². The molecule has 0 heterocycles. The van der Waals surface area contributed by atoms with Gasteiger partial charge in [0.15, 0.2) is 5.78 Å². The lowest BCUT2D eigenvalue weighted by atomic mass is 9.93. The summed E-state index contributed by atoms with van der Waals surface area (Å²) in [5.41, 5.74) is -0.558. The van der Waals surface area contributed by atoms with Gasteiger partial charge in [0.2, 0.25) is 0 Å². The molecule has 0 aliphatic heterocycles. The first-order valence-electron chi connectivity index (χ1n) is 11.5. The van der Waals surface area contributed by atoms with Gasteiger partial charge in [0.05, 0.1) is 0 Å². The molecule has 29 heavy (non-hydrogen) atoms. The van der Waals surface area contributed by atoms with Crippen LogP contribution in [0.1, 0.15) is 91.9 Å². The van der Waals surface area contributed by atoms with E-state index in [1.165, 1.54) is 0 Å². The van der Waals surface area contributed by atoms with Gasteiger partial charge in [0, 0.05) is 6.61 Å². The fourth-order valence-electron chi connectivity index (χ4n) is 3.05. The minimum Gasteiger partial charge on any atom is -0.367 e. The Labute approximate surface area is 180 Å². The second kappa shape index (κ2) is 19.6. The van der Waals surface area contributed by atoms with E-state index in [0.717, 1.165) is 64.2 Å². The molecule has 0 aromatic heterocycles. The summed E-state index contributed by atoms with van der Waals surface area (Å²) in [4.78, 5) is 11.8. The number of hydrogen-bond acceptors (Lipinski definition) is 2. The van der Waals surface area contributed by atoms with Crippen molar-refractivity contribution < 1.29 is 9.53 Å². The standard InChI is InChI=1S/C27H44O2/c1-5-8-9-10-11-12-13-14-15-16-17-18-19-20-21-22-23-24-25-29-27(6-2,7-3)26(4)28/h8-9,11-12,14-15,17-18,20-21H,5-7,10,13,16,19,22-25H2,1-4H3/b9-8-,12-11-,15-14-,18-17-,21-20-. The van der Waals surface area contributed by atoms with E-state index in [1.807, 2.05) is 13.8 Å². The first-order valence-corrected chi connectivity index (χ1v) is 11.5. The smallest absolute Gasteiger partial charge is 0.161 e. The van der Waals surface area contributed by atoms with Gasteiger partial charge in [-0.3, -0.25) is 4.79 Å². The number of ketones is 1. The Hall–Kier alpha value is -1.67. The number of allylic oxidation sites excluding steroid dienone is 10. The lowest BCUT2D eigenvalue weighted by Gasteiger charge is -2.29. The highest BCUT2D eigenvalue weighted by molar-refractivity contribution is 5.84. The first kappa shape index (κ1) is 27.3. The van der Waals surface area contributed by atoms with E-state index >= 15 is 0 Å². The highest BCUT2D eigenvalue weighted by Gasteiger charge is 2.31. The van der Waals surface area contributed by atoms with Crippen molar-refractivity contribution in [2.45, 2.75) is 97.5 Å². The normalized spacial score (nSPS) is 13.2. The molecular formula is C27H44O2. The Balaban J connectivity index is 3.68. The molecule has 0 N–H and O–H groups in total. The number of carbonyl (C=O) groups is 1. The van der Waals surface area contributed by atoms with Crippen LogP contribution in [0.15, 0.2) is 60.8 Å². The van der Waals surface area contributed by atoms with Crippen LogP contribution < -0.4 is 0 Å². The molecule has 164 valence electrons. The van der Waals surface area contributed by atoms with Crippen LogP contribution in [0, 0.1) is 0 Å². The van der Waals surface area contributed by atoms with Gasteiger partial charge in [0.25, 0.3) is 0 Å². The molecule has 0 atom stereocenters. The Bertz CT molecular complexity index is 531. The van der Waals surface area contributed by atoms with Gasteiger partial charge in [0.1, 0.15) is 5.60 Å². The van der Waals surface area contributed by atoms with Crippen molar-refractivity contribution in [1.82, 2.24) is 0 Å². The van der Waals surface area contributed by atoms with Crippen LogP contribution in [-0.4, -0.2) is 18.0 Å². The second-order valence-electron chi connectivity index (χ2n) is 7.31. The second-order valence-corrected chi connectivity index (χ2v) is 7.31. The first-order chi connectivity index (χ1) is 14.1. The Morgan fingerprint density at radius 1 is 0.690 bits per heavy atom. The topological polar surface area (TPSA) is 26.3 Å². The van der Waals surface area contributed by atoms with Gasteiger partial charge in [-0.15, -0.1) is 0 Å². The molecule has 0 rings (SSSR count). The van der Waals surface area contributed by atoms with Gasteiger partial charge in [-0.25, -0.2) is 0 Å². The quantitative estimate of drug-likeness (QED) is 0.172. The molecule has 0 aliphatic rings. The van der Waals surface area contributed by atoms with Crippen LogP contribution in [0.4, 0.5) is 0 Å². The van der Waals surface area contributed by atoms with Gasteiger partial charge in [-0.05, 0) is 71.1 Å². The molecule has 0 bridgehead atoms. The summed E-state index contributed by atoms with van der Waals surface area (Å²) in [5.74, 6) is 0.153. The molecule has 0 fully saturated rings. The lowest BCUT2D eigenvalue weighted by molar-refractivity contribution is -0.144. The van der Waals surface area contributed by atoms with Crippen molar-refractivity contribution in [3.8, 4) is 0 Å². The van der Waals surface area contributed by atoms with Crippen molar-refractivity contribution in [3.05, 3.63) is 60.8 Å². The molecule has 0 aliphatic carbocycles. The minimum absolute atomic E-state index is 0.153. The maximum absolute atomic E-state index is 11.8. The predicted molar refractivity (Wildman–Crippen MR) is 128 cm³/mol. The molecule has 0 saturated carbocycles. The maximum atomic E-state index is 11.8. The van der Waals surface area contributed by atoms with Gasteiger partial charge in [-0.1, -0.05) is 81.5 Å². The molecular weight excluding hydrogens is 356 g/mol. The molecule has 0 spiro atoms. The summed E-state index contributed by atoms with van der Waals surface area (Å²) in [6.45, 7) is 8.53. The Kier molecular flexibility index (Phi) is 18.5. The van der Waals surface area contributed by atoms with Gasteiger partial charge < -0.3 is 4.74 Å². The van der Waals surface area contributed by atoms with Crippen molar-refractivity contribution in [3.63, 3.8) is 0 Å². The largest absolute Gasteiger partial charge is 0.367 e. The van der Waals surface area contributed by atoms with E-state index in [9.17, 15) is 4.79 Å². The van der Waals surface area contributed by atoms with Crippen LogP contribution in [0.3, 0.4) is 0 Å². The molecule has 0 unspecified atom stereocenters. The number of Topliss-reactive ketones (excluding diaryl/α,β-unsaturated/α-hetero) is 1. The van der Waals surface area contributed by atoms with Crippen LogP contribution >= 0.6 is 0 Å². The number of rotatable bonds is 18. The summed E-state index contributed by atoms with van der Waals surface area (Å²) >= 11 is 0. The number of carbonyl (C=O) groups excluding carboxylic acids is 1. The van der Waals surface area contributed by atoms with Crippen molar-refractivity contribution in [2.24, 2.45) is 0 Å². The van der Waals surface area contributed by atoms with Crippen LogP contribution in [0.2, 0.25) is 0 Å². The summed E-state index contributed by atoms with van der Waals surface area (Å²) in [5, 5.41) is 0. The fourth-order valence-corrected chi connectivity index (χ4v) is 3.05. The van der Waals surface area contributed by atoms with E-state index in [0.29, 0.717) is 6.61 Å². The number of hydrogen-bond donors (Lipinski definition) is 0. The minimum atomic E-state index is -0.558. The maximum Gasteiger partial charge on any atom is 0.161 e. The monoisotopic (exact) mass is 400 g/mol. The summed E-state index contributed by atoms with van der Waals surface area (Å²) in [6, 6.07) is 0. The third kappa shape index (κ3) is 14.9. The number of unbranched alkanes of at least 4 members (excludes halogenated alkanes) is 2. The Morgan fingerprint density at radius 2 is 1.14 bits per heavy atom. The molecule has 0 aromatic rings. The van der Waals surface area contributed by atoms with Crippen LogP contribution in [0.5, 0.6) is 0 Å². The summed E-state index contributed by atoms with van der Waals surface area (Å²) in [6.07, 6.45) is 32.1. The van der Waals surface area contributed by atoms with E-state index in [-0.39, 0.29) is 5.78 Å². The predicted octanol–water partition coefficient (Wildman–Crippen LogP) is 8.07. The van der Waals surface area contributed by atoms with Crippen LogP contribution in [-0.2, 0) is 9.53 Å². The van der Waals surface area contributed by atoms with Crippen molar-refractivity contribution in [2.75, 3.05) is 6.61 Å². The summed E-state index contributed by atoms with van der Waals surface area (Å²) < 4.78 is 5.92. The highest BCUT2D eigenvalue weighted by Crippen LogP contribution is 2.22. The molecule has 0 radical (unpaired) electrons. The molecule has 0 aromatic carbocycles.